The molecule has 0 unspecified atom stereocenters. The SMILES string of the molecule is O=C(NCCc1ccccc1F)c1n[nH]c2c1CCN(C(=O)Cn1ccnc1)C2. The van der Waals surface area contributed by atoms with Crippen LogP contribution >= 0.6 is 0 Å². The number of carbonyl (C=O) groups is 2. The molecule has 1 aliphatic heterocycles. The Labute approximate surface area is 166 Å². The zero-order valence-electron chi connectivity index (χ0n) is 15.8. The molecule has 0 fully saturated rings. The van der Waals surface area contributed by atoms with E-state index in [4.69, 9.17) is 0 Å². The van der Waals surface area contributed by atoms with Crippen molar-refractivity contribution in [3.05, 3.63) is 71.3 Å². The van der Waals surface area contributed by atoms with Crippen LogP contribution in [0.5, 0.6) is 0 Å². The van der Waals surface area contributed by atoms with E-state index in [1.165, 1.54) is 6.07 Å². The van der Waals surface area contributed by atoms with E-state index in [-0.39, 0.29) is 24.2 Å². The van der Waals surface area contributed by atoms with Crippen LogP contribution < -0.4 is 5.32 Å². The normalized spacial score (nSPS) is 13.2. The van der Waals surface area contributed by atoms with Crippen molar-refractivity contribution >= 4 is 11.8 Å². The molecule has 150 valence electrons. The monoisotopic (exact) mass is 396 g/mol. The highest BCUT2D eigenvalue weighted by Crippen LogP contribution is 2.20. The average Bonchev–Trinajstić information content (AvgIpc) is 3.38. The molecular formula is C20H21FN6O2. The second-order valence-corrected chi connectivity index (χ2v) is 6.93. The molecule has 3 heterocycles. The lowest BCUT2D eigenvalue weighted by atomic mass is 10.0. The number of rotatable bonds is 6. The lowest BCUT2D eigenvalue weighted by molar-refractivity contribution is -0.132. The van der Waals surface area contributed by atoms with Crippen LogP contribution in [-0.4, -0.2) is 49.6 Å². The quantitative estimate of drug-likeness (QED) is 0.657. The van der Waals surface area contributed by atoms with Gasteiger partial charge in [0.1, 0.15) is 12.4 Å². The first kappa shape index (κ1) is 18.9. The first-order valence-electron chi connectivity index (χ1n) is 9.43. The number of hydrogen-bond donors (Lipinski definition) is 2. The molecule has 1 aliphatic rings. The standard InChI is InChI=1S/C20H21FN6O2/c21-16-4-2-1-3-14(16)5-7-23-20(29)19-15-6-9-27(11-17(15)24-25-19)18(28)12-26-10-8-22-13-26/h1-4,8,10,13H,5-7,9,11-12H2,(H,23,29)(H,24,25). The van der Waals surface area contributed by atoms with Crippen molar-refractivity contribution in [2.24, 2.45) is 0 Å². The Morgan fingerprint density at radius 2 is 2.14 bits per heavy atom. The number of benzene rings is 1. The topological polar surface area (TPSA) is 95.9 Å². The predicted molar refractivity (Wildman–Crippen MR) is 102 cm³/mol. The minimum atomic E-state index is -0.294. The molecule has 0 atom stereocenters. The first-order chi connectivity index (χ1) is 14.1. The molecule has 29 heavy (non-hydrogen) atoms. The van der Waals surface area contributed by atoms with E-state index in [2.05, 4.69) is 20.5 Å². The predicted octanol–water partition coefficient (Wildman–Crippen LogP) is 1.30. The summed E-state index contributed by atoms with van der Waals surface area (Å²) in [6.07, 6.45) is 5.94. The van der Waals surface area contributed by atoms with E-state index in [1.54, 1.807) is 46.4 Å². The molecule has 0 spiro atoms. The Balaban J connectivity index is 1.34. The molecule has 0 bridgehead atoms. The Morgan fingerprint density at radius 1 is 1.28 bits per heavy atom. The Morgan fingerprint density at radius 3 is 2.93 bits per heavy atom. The summed E-state index contributed by atoms with van der Waals surface area (Å²) in [4.78, 5) is 30.6. The summed E-state index contributed by atoms with van der Waals surface area (Å²) < 4.78 is 15.4. The van der Waals surface area contributed by atoms with E-state index in [0.717, 1.165) is 11.3 Å². The van der Waals surface area contributed by atoms with Gasteiger partial charge in [-0.15, -0.1) is 0 Å². The highest BCUT2D eigenvalue weighted by atomic mass is 19.1. The van der Waals surface area contributed by atoms with Crippen LogP contribution in [0.25, 0.3) is 0 Å². The lowest BCUT2D eigenvalue weighted by Crippen LogP contribution is -2.38. The van der Waals surface area contributed by atoms with Crippen LogP contribution in [0.2, 0.25) is 0 Å². The third-order valence-electron chi connectivity index (χ3n) is 5.02. The molecule has 3 aromatic rings. The van der Waals surface area contributed by atoms with Gasteiger partial charge in [-0.3, -0.25) is 14.7 Å². The molecule has 0 radical (unpaired) electrons. The summed E-state index contributed by atoms with van der Waals surface area (Å²) in [5.41, 5.74) is 2.51. The maximum atomic E-state index is 13.7. The highest BCUT2D eigenvalue weighted by Gasteiger charge is 2.27. The Bertz CT molecular complexity index is 1010. The Hall–Kier alpha value is -3.49. The van der Waals surface area contributed by atoms with Gasteiger partial charge < -0.3 is 14.8 Å². The van der Waals surface area contributed by atoms with Gasteiger partial charge in [-0.2, -0.15) is 5.10 Å². The van der Waals surface area contributed by atoms with E-state index in [9.17, 15) is 14.0 Å². The molecule has 0 saturated heterocycles. The van der Waals surface area contributed by atoms with Crippen LogP contribution in [0.15, 0.2) is 43.0 Å². The molecule has 0 saturated carbocycles. The van der Waals surface area contributed by atoms with Gasteiger partial charge in [0.25, 0.3) is 5.91 Å². The summed E-state index contributed by atoms with van der Waals surface area (Å²) in [5, 5.41) is 9.83. The van der Waals surface area contributed by atoms with Crippen LogP contribution in [0, 0.1) is 5.82 Å². The fourth-order valence-electron chi connectivity index (χ4n) is 3.45. The third kappa shape index (κ3) is 4.18. The minimum Gasteiger partial charge on any atom is -0.350 e. The molecule has 0 aliphatic carbocycles. The number of carbonyl (C=O) groups excluding carboxylic acids is 2. The number of nitrogens with zero attached hydrogens (tertiary/aromatic N) is 4. The summed E-state index contributed by atoms with van der Waals surface area (Å²) in [6, 6.07) is 6.51. The van der Waals surface area contributed by atoms with Crippen LogP contribution in [-0.2, 0) is 30.7 Å². The molecule has 8 nitrogen and oxygen atoms in total. The first-order valence-corrected chi connectivity index (χ1v) is 9.43. The molecular weight excluding hydrogens is 375 g/mol. The maximum absolute atomic E-state index is 13.7. The van der Waals surface area contributed by atoms with Gasteiger partial charge in [0.15, 0.2) is 5.69 Å². The van der Waals surface area contributed by atoms with Crippen LogP contribution in [0.4, 0.5) is 4.39 Å². The van der Waals surface area contributed by atoms with Gasteiger partial charge in [-0.1, -0.05) is 18.2 Å². The summed E-state index contributed by atoms with van der Waals surface area (Å²) in [7, 11) is 0. The fraction of sp³-hybridized carbons (Fsp3) is 0.300. The lowest BCUT2D eigenvalue weighted by Gasteiger charge is -2.27. The number of hydrogen-bond acceptors (Lipinski definition) is 4. The molecule has 1 aromatic carbocycles. The van der Waals surface area contributed by atoms with Crippen molar-refractivity contribution in [3.63, 3.8) is 0 Å². The van der Waals surface area contributed by atoms with Crippen LogP contribution in [0.3, 0.4) is 0 Å². The van der Waals surface area contributed by atoms with Crippen molar-refractivity contribution in [1.82, 2.24) is 30.0 Å². The summed E-state index contributed by atoms with van der Waals surface area (Å²) >= 11 is 0. The molecule has 2 N–H and O–H groups in total. The van der Waals surface area contributed by atoms with Gasteiger partial charge in [0, 0.05) is 31.0 Å². The number of aromatic nitrogens is 4. The van der Waals surface area contributed by atoms with Crippen molar-refractivity contribution in [2.75, 3.05) is 13.1 Å². The number of aromatic amines is 1. The molecule has 9 heteroatoms. The smallest absolute Gasteiger partial charge is 0.272 e. The van der Waals surface area contributed by atoms with Crippen molar-refractivity contribution in [2.45, 2.75) is 25.9 Å². The Kier molecular flexibility index (Phi) is 5.37. The second kappa shape index (κ2) is 8.26. The number of nitrogens with one attached hydrogen (secondary N) is 2. The number of fused-ring (bicyclic) bond motifs is 1. The van der Waals surface area contributed by atoms with Crippen molar-refractivity contribution in [3.8, 4) is 0 Å². The van der Waals surface area contributed by atoms with E-state index in [1.807, 2.05) is 0 Å². The van der Waals surface area contributed by atoms with Gasteiger partial charge >= 0.3 is 0 Å². The van der Waals surface area contributed by atoms with E-state index < -0.39 is 0 Å². The maximum Gasteiger partial charge on any atom is 0.272 e. The van der Waals surface area contributed by atoms with E-state index in [0.29, 0.717) is 43.7 Å². The molecule has 2 aromatic heterocycles. The van der Waals surface area contributed by atoms with Gasteiger partial charge in [-0.05, 0) is 24.5 Å². The zero-order chi connectivity index (χ0) is 20.2. The number of amides is 2. The number of imidazole rings is 1. The number of H-pyrrole nitrogens is 1. The molecule has 4 rings (SSSR count). The van der Waals surface area contributed by atoms with Gasteiger partial charge in [-0.25, -0.2) is 9.37 Å². The number of halogens is 1. The fourth-order valence-corrected chi connectivity index (χ4v) is 3.45. The third-order valence-corrected chi connectivity index (χ3v) is 5.02. The van der Waals surface area contributed by atoms with Crippen molar-refractivity contribution in [1.29, 1.82) is 0 Å². The van der Waals surface area contributed by atoms with Crippen molar-refractivity contribution < 1.29 is 14.0 Å². The van der Waals surface area contributed by atoms with Crippen LogP contribution in [0.1, 0.15) is 27.3 Å². The highest BCUT2D eigenvalue weighted by molar-refractivity contribution is 5.94. The zero-order valence-corrected chi connectivity index (χ0v) is 15.8. The van der Waals surface area contributed by atoms with Gasteiger partial charge in [0.2, 0.25) is 5.91 Å². The minimum absolute atomic E-state index is 0.0147. The largest absolute Gasteiger partial charge is 0.350 e. The summed E-state index contributed by atoms with van der Waals surface area (Å²) in [6.45, 7) is 1.46. The van der Waals surface area contributed by atoms with Gasteiger partial charge in [0.05, 0.1) is 18.6 Å². The van der Waals surface area contributed by atoms with E-state index >= 15 is 0 Å². The average molecular weight is 396 g/mol. The second-order valence-electron chi connectivity index (χ2n) is 6.93. The molecule has 2 amide bonds. The summed E-state index contributed by atoms with van der Waals surface area (Å²) in [5.74, 6) is -0.587.